The number of anilines is 1. The summed E-state index contributed by atoms with van der Waals surface area (Å²) in [6.07, 6.45) is 0.466. The molecule has 0 atom stereocenters. The standard InChI is InChI=1S/C13H19FN2O2/c1-9(2)16(6-3-7-17)13(18)11-8-10(15)4-5-12(11)14/h4-5,8-9,17H,3,6-7,15H2,1-2H3. The average Bonchev–Trinajstić information content (AvgIpc) is 2.32. The molecule has 0 unspecified atom stereocenters. The summed E-state index contributed by atoms with van der Waals surface area (Å²) in [6.45, 7) is 4.08. The predicted octanol–water partition coefficient (Wildman–Crippen LogP) is 1.64. The summed E-state index contributed by atoms with van der Waals surface area (Å²) in [5.41, 5.74) is 5.89. The van der Waals surface area contributed by atoms with Crippen LogP contribution in [0.25, 0.3) is 0 Å². The first kappa shape index (κ1) is 14.4. The number of carbonyl (C=O) groups is 1. The topological polar surface area (TPSA) is 66.6 Å². The quantitative estimate of drug-likeness (QED) is 0.785. The van der Waals surface area contributed by atoms with Crippen molar-refractivity contribution in [2.24, 2.45) is 0 Å². The van der Waals surface area contributed by atoms with Crippen LogP contribution < -0.4 is 5.73 Å². The maximum Gasteiger partial charge on any atom is 0.257 e. The highest BCUT2D eigenvalue weighted by molar-refractivity contribution is 5.95. The molecule has 5 heteroatoms. The highest BCUT2D eigenvalue weighted by Gasteiger charge is 2.21. The summed E-state index contributed by atoms with van der Waals surface area (Å²) in [6, 6.07) is 3.88. The molecule has 0 bridgehead atoms. The molecule has 0 aliphatic rings. The fraction of sp³-hybridized carbons (Fsp3) is 0.462. The summed E-state index contributed by atoms with van der Waals surface area (Å²) in [4.78, 5) is 13.7. The van der Waals surface area contributed by atoms with Gasteiger partial charge < -0.3 is 15.7 Å². The lowest BCUT2D eigenvalue weighted by molar-refractivity contribution is 0.0688. The first-order chi connectivity index (χ1) is 8.47. The Kier molecular flexibility index (Phi) is 5.09. The molecule has 0 saturated carbocycles. The van der Waals surface area contributed by atoms with Crippen LogP contribution in [0.2, 0.25) is 0 Å². The van der Waals surface area contributed by atoms with Crippen LogP contribution >= 0.6 is 0 Å². The van der Waals surface area contributed by atoms with E-state index in [4.69, 9.17) is 10.8 Å². The van der Waals surface area contributed by atoms with Crippen LogP contribution in [0.1, 0.15) is 30.6 Å². The van der Waals surface area contributed by atoms with E-state index in [2.05, 4.69) is 0 Å². The van der Waals surface area contributed by atoms with Gasteiger partial charge in [-0.15, -0.1) is 0 Å². The number of aliphatic hydroxyl groups is 1. The Morgan fingerprint density at radius 1 is 1.50 bits per heavy atom. The lowest BCUT2D eigenvalue weighted by Crippen LogP contribution is -2.38. The lowest BCUT2D eigenvalue weighted by Gasteiger charge is -2.26. The summed E-state index contributed by atoms with van der Waals surface area (Å²) in [5.74, 6) is -0.980. The Morgan fingerprint density at radius 3 is 2.72 bits per heavy atom. The number of benzene rings is 1. The van der Waals surface area contributed by atoms with Crippen LogP contribution in [0.4, 0.5) is 10.1 Å². The zero-order valence-electron chi connectivity index (χ0n) is 10.7. The SMILES string of the molecule is CC(C)N(CCCO)C(=O)c1cc(N)ccc1F. The van der Waals surface area contributed by atoms with E-state index in [1.165, 1.54) is 23.1 Å². The molecule has 100 valence electrons. The van der Waals surface area contributed by atoms with Crippen molar-refractivity contribution >= 4 is 11.6 Å². The molecule has 4 nitrogen and oxygen atoms in total. The number of rotatable bonds is 5. The van der Waals surface area contributed by atoms with Gasteiger partial charge in [0.1, 0.15) is 5.82 Å². The van der Waals surface area contributed by atoms with Crippen LogP contribution in [0.5, 0.6) is 0 Å². The first-order valence-electron chi connectivity index (χ1n) is 5.94. The van der Waals surface area contributed by atoms with E-state index in [9.17, 15) is 9.18 Å². The van der Waals surface area contributed by atoms with Gasteiger partial charge in [0.05, 0.1) is 5.56 Å². The molecular formula is C13H19FN2O2. The maximum absolute atomic E-state index is 13.6. The van der Waals surface area contributed by atoms with Gasteiger partial charge >= 0.3 is 0 Å². The highest BCUT2D eigenvalue weighted by Crippen LogP contribution is 2.16. The van der Waals surface area contributed by atoms with Crippen molar-refractivity contribution in [1.82, 2.24) is 4.90 Å². The van der Waals surface area contributed by atoms with E-state index in [0.29, 0.717) is 18.7 Å². The fourth-order valence-electron chi connectivity index (χ4n) is 1.70. The molecule has 3 N–H and O–H groups in total. The Hall–Kier alpha value is -1.62. The van der Waals surface area contributed by atoms with Gasteiger partial charge in [0.2, 0.25) is 0 Å². The molecule has 0 fully saturated rings. The Morgan fingerprint density at radius 2 is 2.17 bits per heavy atom. The smallest absolute Gasteiger partial charge is 0.257 e. The van der Waals surface area contributed by atoms with E-state index in [-0.39, 0.29) is 18.2 Å². The molecule has 0 radical (unpaired) electrons. The molecule has 1 amide bonds. The van der Waals surface area contributed by atoms with Crippen molar-refractivity contribution in [1.29, 1.82) is 0 Å². The highest BCUT2D eigenvalue weighted by atomic mass is 19.1. The van der Waals surface area contributed by atoms with Gasteiger partial charge in [0.15, 0.2) is 0 Å². The molecule has 0 aromatic heterocycles. The molecule has 18 heavy (non-hydrogen) atoms. The number of hydrogen-bond acceptors (Lipinski definition) is 3. The van der Waals surface area contributed by atoms with Crippen molar-refractivity contribution < 1.29 is 14.3 Å². The normalized spacial score (nSPS) is 10.7. The minimum absolute atomic E-state index is 0.00406. The number of nitrogens with zero attached hydrogens (tertiary/aromatic N) is 1. The summed E-state index contributed by atoms with van der Waals surface area (Å²) in [7, 11) is 0. The third-order valence-corrected chi connectivity index (χ3v) is 2.66. The van der Waals surface area contributed by atoms with Crippen LogP contribution in [0.3, 0.4) is 0 Å². The molecule has 0 aliphatic heterocycles. The Labute approximate surface area is 106 Å². The number of halogens is 1. The molecule has 1 aromatic rings. The van der Waals surface area contributed by atoms with Gasteiger partial charge in [0, 0.05) is 24.9 Å². The van der Waals surface area contributed by atoms with Crippen LogP contribution in [-0.4, -0.2) is 35.1 Å². The molecule has 1 rings (SSSR count). The second kappa shape index (κ2) is 6.35. The zero-order valence-corrected chi connectivity index (χ0v) is 10.7. The summed E-state index contributed by atoms with van der Waals surface area (Å²) < 4.78 is 13.6. The Bertz CT molecular complexity index is 421. The number of aliphatic hydroxyl groups excluding tert-OH is 1. The van der Waals surface area contributed by atoms with Gasteiger partial charge in [-0.3, -0.25) is 4.79 Å². The molecule has 0 heterocycles. The first-order valence-corrected chi connectivity index (χ1v) is 5.94. The average molecular weight is 254 g/mol. The fourth-order valence-corrected chi connectivity index (χ4v) is 1.70. The van der Waals surface area contributed by atoms with Crippen molar-refractivity contribution in [3.63, 3.8) is 0 Å². The Balaban J connectivity index is 2.98. The van der Waals surface area contributed by atoms with Crippen LogP contribution in [-0.2, 0) is 0 Å². The number of nitrogens with two attached hydrogens (primary N) is 1. The van der Waals surface area contributed by atoms with Crippen LogP contribution in [0.15, 0.2) is 18.2 Å². The van der Waals surface area contributed by atoms with Crippen molar-refractivity contribution in [2.45, 2.75) is 26.3 Å². The molecule has 0 saturated heterocycles. The largest absolute Gasteiger partial charge is 0.399 e. The molecule has 0 spiro atoms. The lowest BCUT2D eigenvalue weighted by atomic mass is 10.1. The molecule has 1 aromatic carbocycles. The number of amides is 1. The van der Waals surface area contributed by atoms with Crippen LogP contribution in [0, 0.1) is 5.82 Å². The minimum atomic E-state index is -0.580. The van der Waals surface area contributed by atoms with Crippen molar-refractivity contribution in [2.75, 3.05) is 18.9 Å². The number of nitrogen functional groups attached to an aromatic ring is 1. The van der Waals surface area contributed by atoms with Gasteiger partial charge in [-0.05, 0) is 38.5 Å². The zero-order chi connectivity index (χ0) is 13.7. The maximum atomic E-state index is 13.6. The third kappa shape index (κ3) is 3.43. The second-order valence-corrected chi connectivity index (χ2v) is 4.41. The van der Waals surface area contributed by atoms with Crippen molar-refractivity contribution in [3.8, 4) is 0 Å². The van der Waals surface area contributed by atoms with Gasteiger partial charge in [-0.25, -0.2) is 4.39 Å². The third-order valence-electron chi connectivity index (χ3n) is 2.66. The predicted molar refractivity (Wildman–Crippen MR) is 68.7 cm³/mol. The molecule has 0 aliphatic carbocycles. The van der Waals surface area contributed by atoms with E-state index in [1.54, 1.807) is 0 Å². The van der Waals surface area contributed by atoms with Gasteiger partial charge in [0.25, 0.3) is 5.91 Å². The van der Waals surface area contributed by atoms with Crippen molar-refractivity contribution in [3.05, 3.63) is 29.6 Å². The van der Waals surface area contributed by atoms with E-state index < -0.39 is 11.7 Å². The van der Waals surface area contributed by atoms with Gasteiger partial charge in [-0.2, -0.15) is 0 Å². The second-order valence-electron chi connectivity index (χ2n) is 4.41. The molecular weight excluding hydrogens is 235 g/mol. The monoisotopic (exact) mass is 254 g/mol. The number of carbonyl (C=O) groups excluding carboxylic acids is 1. The van der Waals surface area contributed by atoms with E-state index >= 15 is 0 Å². The summed E-state index contributed by atoms with van der Waals surface area (Å²) in [5, 5.41) is 8.82. The van der Waals surface area contributed by atoms with E-state index in [0.717, 1.165) is 0 Å². The minimum Gasteiger partial charge on any atom is -0.399 e. The number of hydrogen-bond donors (Lipinski definition) is 2. The van der Waals surface area contributed by atoms with Gasteiger partial charge in [-0.1, -0.05) is 0 Å². The summed E-state index contributed by atoms with van der Waals surface area (Å²) >= 11 is 0. The van der Waals surface area contributed by atoms with E-state index in [1.807, 2.05) is 13.8 Å².